The molecular weight excluding hydrogens is 228 g/mol. The predicted octanol–water partition coefficient (Wildman–Crippen LogP) is 5.38. The second-order valence-electron chi connectivity index (χ2n) is 6.46. The summed E-state index contributed by atoms with van der Waals surface area (Å²) < 4.78 is 0. The lowest BCUT2D eigenvalue weighted by Crippen LogP contribution is -2.10. The molecule has 0 aliphatic rings. The molecule has 2 aromatic carbocycles. The molecule has 0 unspecified atom stereocenters. The van der Waals surface area contributed by atoms with Crippen LogP contribution in [0.2, 0.25) is 0 Å². The van der Waals surface area contributed by atoms with Crippen molar-refractivity contribution in [3.05, 3.63) is 58.7 Å². The molecule has 0 heteroatoms. The lowest BCUT2D eigenvalue weighted by Gasteiger charge is -2.20. The van der Waals surface area contributed by atoms with Gasteiger partial charge in [-0.3, -0.25) is 0 Å². The lowest BCUT2D eigenvalue weighted by molar-refractivity contribution is 0.590. The Hall–Kier alpha value is -1.56. The maximum atomic E-state index is 3.42. The minimum absolute atomic E-state index is 0.210. The number of aryl methyl sites for hydroxylation is 3. The number of hydrogen-bond donors (Lipinski definition) is 0. The molecule has 0 spiro atoms. The molecule has 0 saturated heterocycles. The quantitative estimate of drug-likeness (QED) is 0.638. The van der Waals surface area contributed by atoms with Gasteiger partial charge in [0.2, 0.25) is 0 Å². The topological polar surface area (TPSA) is 0 Å². The minimum atomic E-state index is 0.210. The molecule has 0 fully saturated rings. The standard InChI is InChI=1S/C19H23/c1-13-11-14(2)18(15(3)12-13)16-7-9-17(10-8-16)19(4,5)6/h7-11H,1-6H3. The Kier molecular flexibility index (Phi) is 3.54. The van der Waals surface area contributed by atoms with Gasteiger partial charge >= 0.3 is 0 Å². The second kappa shape index (κ2) is 4.85. The van der Waals surface area contributed by atoms with Crippen LogP contribution in [0, 0.1) is 26.8 Å². The Morgan fingerprint density at radius 2 is 1.47 bits per heavy atom. The van der Waals surface area contributed by atoms with E-state index in [-0.39, 0.29) is 5.41 Å². The average molecular weight is 251 g/mol. The molecule has 0 nitrogen and oxygen atoms in total. The second-order valence-corrected chi connectivity index (χ2v) is 6.46. The van der Waals surface area contributed by atoms with E-state index in [0.29, 0.717) is 0 Å². The first kappa shape index (κ1) is 13.9. The van der Waals surface area contributed by atoms with Crippen LogP contribution in [0.15, 0.2) is 30.3 Å². The zero-order chi connectivity index (χ0) is 14.2. The molecule has 0 saturated carbocycles. The molecular formula is C19H23. The first-order valence-corrected chi connectivity index (χ1v) is 6.90. The third kappa shape index (κ3) is 2.89. The van der Waals surface area contributed by atoms with Crippen LogP contribution >= 0.6 is 0 Å². The molecule has 99 valence electrons. The van der Waals surface area contributed by atoms with Crippen LogP contribution in [-0.4, -0.2) is 0 Å². The van der Waals surface area contributed by atoms with Crippen LogP contribution in [-0.2, 0) is 5.41 Å². The van der Waals surface area contributed by atoms with E-state index in [0.717, 1.165) is 0 Å². The van der Waals surface area contributed by atoms with Crippen LogP contribution in [0.5, 0.6) is 0 Å². The first-order valence-electron chi connectivity index (χ1n) is 6.90. The van der Waals surface area contributed by atoms with Gasteiger partial charge in [-0.1, -0.05) is 51.1 Å². The van der Waals surface area contributed by atoms with Crippen molar-refractivity contribution in [1.29, 1.82) is 0 Å². The van der Waals surface area contributed by atoms with E-state index in [1.807, 2.05) is 0 Å². The molecule has 0 aliphatic heterocycles. The van der Waals surface area contributed by atoms with Crippen LogP contribution in [0.25, 0.3) is 11.1 Å². The van der Waals surface area contributed by atoms with Gasteiger partial charge in [-0.2, -0.15) is 0 Å². The summed E-state index contributed by atoms with van der Waals surface area (Å²) in [6.45, 7) is 13.2. The molecule has 0 N–H and O–H groups in total. The van der Waals surface area contributed by atoms with E-state index >= 15 is 0 Å². The highest BCUT2D eigenvalue weighted by Crippen LogP contribution is 2.30. The maximum Gasteiger partial charge on any atom is -0.0113 e. The van der Waals surface area contributed by atoms with Crippen molar-refractivity contribution in [3.8, 4) is 11.1 Å². The van der Waals surface area contributed by atoms with E-state index in [9.17, 15) is 0 Å². The van der Waals surface area contributed by atoms with Gasteiger partial charge in [0, 0.05) is 0 Å². The SMILES string of the molecule is Cc1[c]c(C)c(-c2ccc(C(C)(C)C)cc2)c(C)c1. The van der Waals surface area contributed by atoms with Gasteiger partial charge in [0.05, 0.1) is 0 Å². The normalized spacial score (nSPS) is 11.7. The fourth-order valence-electron chi connectivity index (χ4n) is 2.67. The van der Waals surface area contributed by atoms with Gasteiger partial charge in [-0.15, -0.1) is 0 Å². The fourth-order valence-corrected chi connectivity index (χ4v) is 2.67. The summed E-state index contributed by atoms with van der Waals surface area (Å²) in [6.07, 6.45) is 0. The van der Waals surface area contributed by atoms with Crippen molar-refractivity contribution < 1.29 is 0 Å². The molecule has 0 aliphatic carbocycles. The molecule has 19 heavy (non-hydrogen) atoms. The van der Waals surface area contributed by atoms with Gasteiger partial charge in [0.15, 0.2) is 0 Å². The molecule has 0 atom stereocenters. The van der Waals surface area contributed by atoms with Crippen molar-refractivity contribution in [2.45, 2.75) is 47.0 Å². The van der Waals surface area contributed by atoms with Crippen LogP contribution in [0.1, 0.15) is 43.0 Å². The zero-order valence-corrected chi connectivity index (χ0v) is 12.9. The van der Waals surface area contributed by atoms with E-state index in [1.54, 1.807) is 0 Å². The number of hydrogen-bond acceptors (Lipinski definition) is 0. The fraction of sp³-hybridized carbons (Fsp3) is 0.368. The number of benzene rings is 2. The van der Waals surface area contributed by atoms with Crippen molar-refractivity contribution >= 4 is 0 Å². The van der Waals surface area contributed by atoms with Gasteiger partial charge in [-0.05, 0) is 65.6 Å². The summed E-state index contributed by atoms with van der Waals surface area (Å²) in [4.78, 5) is 0. The highest BCUT2D eigenvalue weighted by atomic mass is 14.2. The van der Waals surface area contributed by atoms with E-state index in [1.165, 1.54) is 33.4 Å². The largest absolute Gasteiger partial charge is 0.0579 e. The highest BCUT2D eigenvalue weighted by Gasteiger charge is 2.14. The van der Waals surface area contributed by atoms with Crippen molar-refractivity contribution in [2.24, 2.45) is 0 Å². The Labute approximate surface area is 117 Å². The predicted molar refractivity (Wildman–Crippen MR) is 83.6 cm³/mol. The van der Waals surface area contributed by atoms with Gasteiger partial charge < -0.3 is 0 Å². The first-order chi connectivity index (χ1) is 8.79. The third-order valence-electron chi connectivity index (χ3n) is 3.63. The smallest absolute Gasteiger partial charge is 0.0113 e. The van der Waals surface area contributed by atoms with E-state index < -0.39 is 0 Å². The molecule has 0 amide bonds. The van der Waals surface area contributed by atoms with Gasteiger partial charge in [0.25, 0.3) is 0 Å². The van der Waals surface area contributed by atoms with Crippen molar-refractivity contribution in [1.82, 2.24) is 0 Å². The Bertz CT molecular complexity index is 557. The molecule has 2 rings (SSSR count). The average Bonchev–Trinajstić information content (AvgIpc) is 2.27. The van der Waals surface area contributed by atoms with Gasteiger partial charge in [-0.25, -0.2) is 0 Å². The Balaban J connectivity index is 2.49. The lowest BCUT2D eigenvalue weighted by atomic mass is 9.85. The molecule has 0 bridgehead atoms. The maximum absolute atomic E-state index is 3.42. The summed E-state index contributed by atoms with van der Waals surface area (Å²) in [7, 11) is 0. The summed E-state index contributed by atoms with van der Waals surface area (Å²) >= 11 is 0. The van der Waals surface area contributed by atoms with E-state index in [2.05, 4.69) is 77.9 Å². The van der Waals surface area contributed by atoms with Gasteiger partial charge in [0.1, 0.15) is 0 Å². The summed E-state index contributed by atoms with van der Waals surface area (Å²) in [5.41, 5.74) is 7.98. The summed E-state index contributed by atoms with van der Waals surface area (Å²) in [6, 6.07) is 14.6. The van der Waals surface area contributed by atoms with Crippen LogP contribution in [0.4, 0.5) is 0 Å². The zero-order valence-electron chi connectivity index (χ0n) is 12.9. The minimum Gasteiger partial charge on any atom is -0.0579 e. The van der Waals surface area contributed by atoms with Crippen molar-refractivity contribution in [3.63, 3.8) is 0 Å². The van der Waals surface area contributed by atoms with Crippen molar-refractivity contribution in [2.75, 3.05) is 0 Å². The molecule has 1 radical (unpaired) electrons. The van der Waals surface area contributed by atoms with E-state index in [4.69, 9.17) is 0 Å². The Morgan fingerprint density at radius 1 is 0.895 bits per heavy atom. The van der Waals surface area contributed by atoms with Crippen LogP contribution < -0.4 is 0 Å². The summed E-state index contributed by atoms with van der Waals surface area (Å²) in [5.74, 6) is 0. The monoisotopic (exact) mass is 251 g/mol. The number of rotatable bonds is 1. The summed E-state index contributed by atoms with van der Waals surface area (Å²) in [5, 5.41) is 0. The van der Waals surface area contributed by atoms with Crippen LogP contribution in [0.3, 0.4) is 0 Å². The molecule has 0 heterocycles. The highest BCUT2D eigenvalue weighted by molar-refractivity contribution is 5.71. The third-order valence-corrected chi connectivity index (χ3v) is 3.63. The molecule has 2 aromatic rings. The Morgan fingerprint density at radius 3 is 1.95 bits per heavy atom. The molecule has 0 aromatic heterocycles.